The zero-order chi connectivity index (χ0) is 35.6. The maximum atomic E-state index is 14.5. The van der Waals surface area contributed by atoms with Crippen LogP contribution in [-0.4, -0.2) is 77.6 Å². The number of hydrogen-bond acceptors (Lipinski definition) is 8. The van der Waals surface area contributed by atoms with Crippen LogP contribution in [0.1, 0.15) is 59.8 Å². The smallest absolute Gasteiger partial charge is 0.332 e. The Morgan fingerprint density at radius 3 is 2.58 bits per heavy atom. The largest absolute Gasteiger partial charge is 0.497 e. The van der Waals surface area contributed by atoms with Crippen molar-refractivity contribution in [1.29, 1.82) is 0 Å². The molecule has 1 aromatic heterocycles. The number of allylic oxidation sites excluding steroid dienone is 1. The molecule has 1 unspecified atom stereocenters. The second-order valence-corrected chi connectivity index (χ2v) is 14.4. The topological polar surface area (TPSA) is 136 Å². The summed E-state index contributed by atoms with van der Waals surface area (Å²) in [6.45, 7) is 7.66. The molecule has 0 bridgehead atoms. The number of nitrogens with zero attached hydrogens (tertiary/aromatic N) is 2. The minimum atomic E-state index is -1.21. The van der Waals surface area contributed by atoms with Gasteiger partial charge < -0.3 is 29.7 Å². The summed E-state index contributed by atoms with van der Waals surface area (Å²) in [5.41, 5.74) is 0.403. The van der Waals surface area contributed by atoms with Crippen LogP contribution in [-0.2, 0) is 23.9 Å². The van der Waals surface area contributed by atoms with Crippen LogP contribution in [0.25, 0.3) is 22.2 Å². The molecule has 0 spiro atoms. The summed E-state index contributed by atoms with van der Waals surface area (Å²) < 4.78 is 17.6. The molecule has 11 heteroatoms. The van der Waals surface area contributed by atoms with Gasteiger partial charge in [0.05, 0.1) is 31.5 Å². The number of pyridine rings is 1. The molecule has 2 fully saturated rings. The number of aromatic nitrogens is 1. The van der Waals surface area contributed by atoms with E-state index in [9.17, 15) is 19.2 Å². The average Bonchev–Trinajstić information content (AvgIpc) is 3.62. The number of esters is 1. The molecule has 2 N–H and O–H groups in total. The molecule has 5 atom stereocenters. The first-order chi connectivity index (χ1) is 23.9. The van der Waals surface area contributed by atoms with Gasteiger partial charge in [-0.15, -0.1) is 0 Å². The molecule has 1 saturated heterocycles. The van der Waals surface area contributed by atoms with Gasteiger partial charge in [-0.25, -0.2) is 9.78 Å². The van der Waals surface area contributed by atoms with E-state index in [1.54, 1.807) is 14.0 Å². The first kappa shape index (κ1) is 34.9. The van der Waals surface area contributed by atoms with Gasteiger partial charge >= 0.3 is 5.97 Å². The van der Waals surface area contributed by atoms with Crippen molar-refractivity contribution in [3.8, 4) is 22.8 Å². The van der Waals surface area contributed by atoms with Crippen molar-refractivity contribution in [1.82, 2.24) is 20.5 Å². The van der Waals surface area contributed by atoms with Crippen molar-refractivity contribution in [3.05, 3.63) is 66.7 Å². The minimum absolute atomic E-state index is 0.0930. The lowest BCUT2D eigenvalue weighted by Gasteiger charge is -2.35. The molecular weight excluding hydrogens is 636 g/mol. The number of carbonyl (C=O) groups excluding carboxylic acids is 4. The summed E-state index contributed by atoms with van der Waals surface area (Å²) >= 11 is 0. The van der Waals surface area contributed by atoms with Gasteiger partial charge in [-0.2, -0.15) is 0 Å². The molecule has 3 aliphatic rings. The molecule has 3 aromatic rings. The highest BCUT2D eigenvalue weighted by atomic mass is 16.5. The molecule has 6 rings (SSSR count). The monoisotopic (exact) mass is 682 g/mol. The van der Waals surface area contributed by atoms with E-state index >= 15 is 0 Å². The standard InChI is InChI=1S/C39H46N4O7/c1-6-49-37(47)39-22-25(39)15-11-8-12-16-33(44)41-34(38(2,3)4)36(46)43-23-27(20-31(43)35(45)42-39)50-32-21-29(24-13-9-7-10-14-24)40-30-19-26(48-5)17-18-28(30)32/h7,9-11,13-15,17-19,21,25,27,31,34H,6,8,12,16,20,22-23H2,1-5H3,(H,41,44)(H,42,45)/b15-11-/t25-,27-,31?,34-,39-/m1/s1. The molecule has 50 heavy (non-hydrogen) atoms. The number of amides is 3. The fourth-order valence-corrected chi connectivity index (χ4v) is 6.91. The van der Waals surface area contributed by atoms with E-state index in [0.717, 1.165) is 10.9 Å². The number of carbonyl (C=O) groups is 4. The van der Waals surface area contributed by atoms with Crippen molar-refractivity contribution in [3.63, 3.8) is 0 Å². The highest BCUT2D eigenvalue weighted by Gasteiger charge is 2.62. The summed E-state index contributed by atoms with van der Waals surface area (Å²) in [5.74, 6) is -0.613. The molecule has 11 nitrogen and oxygen atoms in total. The quantitative estimate of drug-likeness (QED) is 0.275. The number of hydrogen-bond donors (Lipinski definition) is 2. The van der Waals surface area contributed by atoms with Crippen molar-refractivity contribution in [2.75, 3.05) is 20.3 Å². The van der Waals surface area contributed by atoms with Crippen LogP contribution in [0.5, 0.6) is 11.5 Å². The van der Waals surface area contributed by atoms with Gasteiger partial charge in [0.2, 0.25) is 17.7 Å². The Hall–Kier alpha value is -4.93. The number of rotatable bonds is 6. The third-order valence-corrected chi connectivity index (χ3v) is 9.75. The summed E-state index contributed by atoms with van der Waals surface area (Å²) in [6, 6.07) is 15.3. The average molecular weight is 683 g/mol. The van der Waals surface area contributed by atoms with Gasteiger partial charge in [0.1, 0.15) is 35.2 Å². The highest BCUT2D eigenvalue weighted by Crippen LogP contribution is 2.46. The Balaban J connectivity index is 1.37. The molecule has 1 saturated carbocycles. The Labute approximate surface area is 292 Å². The van der Waals surface area contributed by atoms with E-state index in [-0.39, 0.29) is 43.7 Å². The van der Waals surface area contributed by atoms with Crippen LogP contribution in [0.15, 0.2) is 66.7 Å². The zero-order valence-corrected chi connectivity index (χ0v) is 29.4. The van der Waals surface area contributed by atoms with E-state index in [0.29, 0.717) is 42.0 Å². The minimum Gasteiger partial charge on any atom is -0.497 e. The van der Waals surface area contributed by atoms with Crippen LogP contribution >= 0.6 is 0 Å². The molecular formula is C39H46N4O7. The third-order valence-electron chi connectivity index (χ3n) is 9.75. The van der Waals surface area contributed by atoms with Gasteiger partial charge in [-0.3, -0.25) is 14.4 Å². The molecule has 264 valence electrons. The lowest BCUT2D eigenvalue weighted by molar-refractivity contribution is -0.150. The van der Waals surface area contributed by atoms with Gasteiger partial charge in [-0.1, -0.05) is 63.3 Å². The van der Waals surface area contributed by atoms with Crippen LogP contribution in [0.3, 0.4) is 0 Å². The number of ether oxygens (including phenoxy) is 3. The van der Waals surface area contributed by atoms with Gasteiger partial charge in [-0.05, 0) is 43.7 Å². The molecule has 2 aliphatic heterocycles. The summed E-state index contributed by atoms with van der Waals surface area (Å²) in [4.78, 5) is 61.5. The third kappa shape index (κ3) is 7.18. The fraction of sp³-hybridized carbons (Fsp3) is 0.462. The van der Waals surface area contributed by atoms with Gasteiger partial charge in [0, 0.05) is 41.8 Å². The Kier molecular flexibility index (Phi) is 9.87. The second-order valence-electron chi connectivity index (χ2n) is 14.4. The predicted molar refractivity (Wildman–Crippen MR) is 188 cm³/mol. The lowest BCUT2D eigenvalue weighted by atomic mass is 9.85. The molecule has 3 amide bonds. The van der Waals surface area contributed by atoms with E-state index in [4.69, 9.17) is 19.2 Å². The van der Waals surface area contributed by atoms with E-state index in [2.05, 4.69) is 10.6 Å². The summed E-state index contributed by atoms with van der Waals surface area (Å²) in [6.07, 6.45) is 5.30. The maximum Gasteiger partial charge on any atom is 0.332 e. The first-order valence-electron chi connectivity index (χ1n) is 17.4. The van der Waals surface area contributed by atoms with E-state index in [1.165, 1.54) is 4.90 Å². The van der Waals surface area contributed by atoms with E-state index in [1.807, 2.05) is 87.5 Å². The maximum absolute atomic E-state index is 14.5. The highest BCUT2D eigenvalue weighted by molar-refractivity contribution is 5.97. The number of nitrogens with one attached hydrogen (secondary N) is 2. The predicted octanol–water partition coefficient (Wildman–Crippen LogP) is 4.97. The van der Waals surface area contributed by atoms with Crippen LogP contribution in [0.2, 0.25) is 0 Å². The summed E-state index contributed by atoms with van der Waals surface area (Å²) in [7, 11) is 1.60. The van der Waals surface area contributed by atoms with Crippen LogP contribution in [0.4, 0.5) is 0 Å². The Morgan fingerprint density at radius 2 is 1.86 bits per heavy atom. The number of methoxy groups -OCH3 is 1. The van der Waals surface area contributed by atoms with Crippen molar-refractivity contribution in [2.24, 2.45) is 11.3 Å². The number of benzene rings is 2. The molecule has 1 aliphatic carbocycles. The normalized spacial score (nSPS) is 26.4. The SMILES string of the molecule is CCOC(=O)[C@@]12C[C@H]1/C=C\CCCC(=O)N[C@@H](C(C)(C)C)C(=O)N1C[C@H](Oc3cc(-c4ccccc4)nc4cc(OC)ccc34)CC1C(=O)N2. The fourth-order valence-electron chi connectivity index (χ4n) is 6.91. The zero-order valence-electron chi connectivity index (χ0n) is 29.4. The van der Waals surface area contributed by atoms with Gasteiger partial charge in [0.15, 0.2) is 0 Å². The summed E-state index contributed by atoms with van der Waals surface area (Å²) in [5, 5.41) is 6.73. The van der Waals surface area contributed by atoms with Crippen molar-refractivity contribution in [2.45, 2.75) is 83.5 Å². The molecule has 0 radical (unpaired) electrons. The van der Waals surface area contributed by atoms with Crippen molar-refractivity contribution < 1.29 is 33.4 Å². The van der Waals surface area contributed by atoms with Crippen LogP contribution in [0, 0.1) is 11.3 Å². The number of fused-ring (bicyclic) bond motifs is 3. The van der Waals surface area contributed by atoms with Crippen molar-refractivity contribution >= 4 is 34.6 Å². The van der Waals surface area contributed by atoms with Crippen LogP contribution < -0.4 is 20.1 Å². The Bertz CT molecular complexity index is 1800. The Morgan fingerprint density at radius 1 is 1.08 bits per heavy atom. The first-order valence-corrected chi connectivity index (χ1v) is 17.4. The molecule has 3 heterocycles. The molecule has 2 aromatic carbocycles. The van der Waals surface area contributed by atoms with Gasteiger partial charge in [0.25, 0.3) is 0 Å². The van der Waals surface area contributed by atoms with E-state index < -0.39 is 41.0 Å². The second kappa shape index (κ2) is 14.1. The lowest BCUT2D eigenvalue weighted by Crippen LogP contribution is -2.59.